The van der Waals surface area contributed by atoms with Gasteiger partial charge in [-0.25, -0.2) is 4.79 Å². The van der Waals surface area contributed by atoms with Crippen LogP contribution >= 0.6 is 0 Å². The monoisotopic (exact) mass is 231 g/mol. The third-order valence-electron chi connectivity index (χ3n) is 2.54. The molecule has 0 radical (unpaired) electrons. The van der Waals surface area contributed by atoms with E-state index in [1.54, 1.807) is 6.92 Å². The molecule has 0 aromatic carbocycles. The molecule has 5 heteroatoms. The van der Waals surface area contributed by atoms with Crippen molar-refractivity contribution in [3.63, 3.8) is 0 Å². The molecule has 1 saturated heterocycles. The van der Waals surface area contributed by atoms with E-state index in [2.05, 4.69) is 12.2 Å². The minimum absolute atomic E-state index is 0.0305. The molecule has 1 atom stereocenters. The van der Waals surface area contributed by atoms with Gasteiger partial charge in [0.05, 0.1) is 19.8 Å². The summed E-state index contributed by atoms with van der Waals surface area (Å²) in [7, 11) is 0. The minimum atomic E-state index is -0.307. The summed E-state index contributed by atoms with van der Waals surface area (Å²) in [4.78, 5) is 10.9. The number of carbonyl (C=O) groups excluding carboxylic acids is 1. The number of ether oxygens (including phenoxy) is 3. The zero-order valence-electron chi connectivity index (χ0n) is 10.1. The van der Waals surface area contributed by atoms with Gasteiger partial charge < -0.3 is 19.5 Å². The molecule has 0 bridgehead atoms. The van der Waals surface area contributed by atoms with Crippen molar-refractivity contribution in [2.75, 3.05) is 39.6 Å². The van der Waals surface area contributed by atoms with Gasteiger partial charge in [0, 0.05) is 18.7 Å². The molecule has 5 nitrogen and oxygen atoms in total. The number of hydrogen-bond donors (Lipinski definition) is 1. The van der Waals surface area contributed by atoms with Crippen LogP contribution in [0, 0.1) is 0 Å². The molecule has 1 N–H and O–H groups in total. The first-order valence-electron chi connectivity index (χ1n) is 5.72. The smallest absolute Gasteiger partial charge is 0.332 e. The van der Waals surface area contributed by atoms with Gasteiger partial charge >= 0.3 is 5.97 Å². The first-order valence-corrected chi connectivity index (χ1v) is 5.72. The van der Waals surface area contributed by atoms with Gasteiger partial charge in [0.25, 0.3) is 0 Å². The van der Waals surface area contributed by atoms with E-state index < -0.39 is 0 Å². The summed E-state index contributed by atoms with van der Waals surface area (Å²) < 4.78 is 15.2. The topological polar surface area (TPSA) is 56.8 Å². The standard InChI is InChI=1S/C11H21NO4/c1-3-16-10(13)8-14-7-5-12-11(2)4-6-15-9-11/h12H,3-9H2,1-2H3. The van der Waals surface area contributed by atoms with Gasteiger partial charge in [-0.2, -0.15) is 0 Å². The zero-order valence-corrected chi connectivity index (χ0v) is 10.1. The predicted octanol–water partition coefficient (Wildman–Crippen LogP) is 0.335. The molecule has 0 aliphatic carbocycles. The molecule has 0 aromatic rings. The van der Waals surface area contributed by atoms with Gasteiger partial charge in [-0.15, -0.1) is 0 Å². The lowest BCUT2D eigenvalue weighted by Crippen LogP contribution is -2.44. The van der Waals surface area contributed by atoms with Gasteiger partial charge in [-0.3, -0.25) is 0 Å². The van der Waals surface area contributed by atoms with E-state index in [-0.39, 0.29) is 18.1 Å². The van der Waals surface area contributed by atoms with Crippen LogP contribution in [0.5, 0.6) is 0 Å². The van der Waals surface area contributed by atoms with Crippen LogP contribution in [0.1, 0.15) is 20.3 Å². The number of esters is 1. The summed E-state index contributed by atoms with van der Waals surface area (Å²) >= 11 is 0. The zero-order chi connectivity index (χ0) is 11.9. The van der Waals surface area contributed by atoms with Crippen molar-refractivity contribution >= 4 is 5.97 Å². The summed E-state index contributed by atoms with van der Waals surface area (Å²) in [5.74, 6) is -0.307. The minimum Gasteiger partial charge on any atom is -0.464 e. The van der Waals surface area contributed by atoms with Crippen LogP contribution in [0.3, 0.4) is 0 Å². The second-order valence-corrected chi connectivity index (χ2v) is 4.15. The van der Waals surface area contributed by atoms with Crippen molar-refractivity contribution in [2.45, 2.75) is 25.8 Å². The SMILES string of the molecule is CCOC(=O)COCCNC1(C)CCOC1. The molecule has 1 unspecified atom stereocenters. The Labute approximate surface area is 96.4 Å². The molecule has 1 rings (SSSR count). The van der Waals surface area contributed by atoms with E-state index in [1.807, 2.05) is 0 Å². The Morgan fingerprint density at radius 2 is 2.38 bits per heavy atom. The van der Waals surface area contributed by atoms with E-state index >= 15 is 0 Å². The van der Waals surface area contributed by atoms with Crippen LogP contribution < -0.4 is 5.32 Å². The second kappa shape index (κ2) is 6.83. The van der Waals surface area contributed by atoms with Crippen molar-refractivity contribution in [1.82, 2.24) is 5.32 Å². The first kappa shape index (κ1) is 13.4. The quantitative estimate of drug-likeness (QED) is 0.505. The van der Waals surface area contributed by atoms with E-state index in [4.69, 9.17) is 14.2 Å². The molecule has 0 saturated carbocycles. The highest BCUT2D eigenvalue weighted by atomic mass is 16.6. The van der Waals surface area contributed by atoms with Crippen molar-refractivity contribution in [3.8, 4) is 0 Å². The molecule has 16 heavy (non-hydrogen) atoms. The fourth-order valence-corrected chi connectivity index (χ4v) is 1.59. The Balaban J connectivity index is 1.97. The Kier molecular flexibility index (Phi) is 5.73. The number of carbonyl (C=O) groups is 1. The summed E-state index contributed by atoms with van der Waals surface area (Å²) in [6.07, 6.45) is 1.02. The molecule has 1 fully saturated rings. The lowest BCUT2D eigenvalue weighted by Gasteiger charge is -2.23. The molecule has 1 aliphatic rings. The van der Waals surface area contributed by atoms with E-state index in [9.17, 15) is 4.79 Å². The maximum absolute atomic E-state index is 10.9. The van der Waals surface area contributed by atoms with E-state index in [0.29, 0.717) is 13.2 Å². The summed E-state index contributed by atoms with van der Waals surface area (Å²) in [6.45, 7) is 7.12. The van der Waals surface area contributed by atoms with Gasteiger partial charge in [-0.1, -0.05) is 0 Å². The molecule has 1 heterocycles. The van der Waals surface area contributed by atoms with Crippen molar-refractivity contribution < 1.29 is 19.0 Å². The lowest BCUT2D eigenvalue weighted by molar-refractivity contribution is -0.148. The van der Waals surface area contributed by atoms with Crippen molar-refractivity contribution in [1.29, 1.82) is 0 Å². The molecule has 0 amide bonds. The highest BCUT2D eigenvalue weighted by molar-refractivity contribution is 5.70. The largest absolute Gasteiger partial charge is 0.464 e. The Morgan fingerprint density at radius 1 is 1.56 bits per heavy atom. The summed E-state index contributed by atoms with van der Waals surface area (Å²) in [5, 5.41) is 3.36. The Bertz CT molecular complexity index is 214. The van der Waals surface area contributed by atoms with Crippen LogP contribution in [0.2, 0.25) is 0 Å². The van der Waals surface area contributed by atoms with Crippen LogP contribution in [0.25, 0.3) is 0 Å². The maximum atomic E-state index is 10.9. The molecular weight excluding hydrogens is 210 g/mol. The average molecular weight is 231 g/mol. The number of rotatable bonds is 7. The average Bonchev–Trinajstić information content (AvgIpc) is 2.65. The Hall–Kier alpha value is -0.650. The van der Waals surface area contributed by atoms with Crippen LogP contribution in [-0.2, 0) is 19.0 Å². The van der Waals surface area contributed by atoms with Gasteiger partial charge in [-0.05, 0) is 20.3 Å². The van der Waals surface area contributed by atoms with Crippen LogP contribution in [-0.4, -0.2) is 51.1 Å². The highest BCUT2D eigenvalue weighted by Gasteiger charge is 2.28. The van der Waals surface area contributed by atoms with Gasteiger partial charge in [0.1, 0.15) is 6.61 Å². The number of hydrogen-bond acceptors (Lipinski definition) is 5. The summed E-state index contributed by atoms with van der Waals surface area (Å²) in [6, 6.07) is 0. The third-order valence-corrected chi connectivity index (χ3v) is 2.54. The lowest BCUT2D eigenvalue weighted by atomic mass is 10.0. The van der Waals surface area contributed by atoms with Gasteiger partial charge in [0.15, 0.2) is 0 Å². The van der Waals surface area contributed by atoms with Crippen molar-refractivity contribution in [2.24, 2.45) is 0 Å². The predicted molar refractivity (Wildman–Crippen MR) is 59.3 cm³/mol. The van der Waals surface area contributed by atoms with E-state index in [0.717, 1.165) is 26.2 Å². The second-order valence-electron chi connectivity index (χ2n) is 4.15. The third kappa shape index (κ3) is 4.92. The molecule has 94 valence electrons. The Morgan fingerprint density at radius 3 is 3.00 bits per heavy atom. The fraction of sp³-hybridized carbons (Fsp3) is 0.909. The van der Waals surface area contributed by atoms with Gasteiger partial charge in [0.2, 0.25) is 0 Å². The molecule has 1 aliphatic heterocycles. The van der Waals surface area contributed by atoms with Crippen LogP contribution in [0.4, 0.5) is 0 Å². The number of nitrogens with one attached hydrogen (secondary N) is 1. The highest BCUT2D eigenvalue weighted by Crippen LogP contribution is 2.16. The van der Waals surface area contributed by atoms with Crippen LogP contribution in [0.15, 0.2) is 0 Å². The normalized spacial score (nSPS) is 24.6. The molecule has 0 spiro atoms. The van der Waals surface area contributed by atoms with Crippen molar-refractivity contribution in [3.05, 3.63) is 0 Å². The fourth-order valence-electron chi connectivity index (χ4n) is 1.59. The molecule has 0 aromatic heterocycles. The van der Waals surface area contributed by atoms with E-state index in [1.165, 1.54) is 0 Å². The summed E-state index contributed by atoms with van der Waals surface area (Å²) in [5.41, 5.74) is 0.0628. The maximum Gasteiger partial charge on any atom is 0.332 e. The molecular formula is C11H21NO4. The first-order chi connectivity index (χ1) is 7.66.